The lowest BCUT2D eigenvalue weighted by Gasteiger charge is -2.18. The minimum absolute atomic E-state index is 0. The van der Waals surface area contributed by atoms with E-state index in [0.717, 1.165) is 24.4 Å². The monoisotopic (exact) mass is 313 g/mol. The minimum Gasteiger partial charge on any atom is -0.341 e. The van der Waals surface area contributed by atoms with Crippen molar-refractivity contribution in [3.63, 3.8) is 0 Å². The molecule has 1 saturated carbocycles. The van der Waals surface area contributed by atoms with Crippen molar-refractivity contribution in [2.75, 3.05) is 18.8 Å². The molecule has 2 fully saturated rings. The van der Waals surface area contributed by atoms with Crippen LogP contribution in [0.1, 0.15) is 12.8 Å². The summed E-state index contributed by atoms with van der Waals surface area (Å²) in [5.41, 5.74) is 6.10. The van der Waals surface area contributed by atoms with Gasteiger partial charge in [-0.3, -0.25) is 9.78 Å². The number of aromatic nitrogens is 1. The number of nitrogens with zero attached hydrogens (tertiary/aromatic N) is 2. The molecule has 3 rings (SSSR count). The Kier molecular flexibility index (Phi) is 5.29. The minimum atomic E-state index is 0. The van der Waals surface area contributed by atoms with E-state index in [9.17, 15) is 4.79 Å². The zero-order valence-corrected chi connectivity index (χ0v) is 12.9. The maximum atomic E-state index is 12.2. The van der Waals surface area contributed by atoms with Crippen LogP contribution in [0.3, 0.4) is 0 Å². The summed E-state index contributed by atoms with van der Waals surface area (Å²) in [6.07, 6.45) is 5.83. The van der Waals surface area contributed by atoms with Crippen LogP contribution in [0.4, 0.5) is 0 Å². The van der Waals surface area contributed by atoms with Crippen LogP contribution in [0.25, 0.3) is 0 Å². The third kappa shape index (κ3) is 3.27. The number of amides is 1. The number of halogens is 1. The predicted octanol–water partition coefficient (Wildman–Crippen LogP) is 1.79. The summed E-state index contributed by atoms with van der Waals surface area (Å²) in [6.45, 7) is 1.77. The number of nitrogens with two attached hydrogens (primary N) is 1. The van der Waals surface area contributed by atoms with E-state index in [0.29, 0.717) is 23.6 Å². The van der Waals surface area contributed by atoms with Gasteiger partial charge in [0.1, 0.15) is 0 Å². The van der Waals surface area contributed by atoms with E-state index >= 15 is 0 Å². The highest BCUT2D eigenvalue weighted by Crippen LogP contribution is 2.37. The van der Waals surface area contributed by atoms with Crippen LogP contribution < -0.4 is 5.73 Å². The van der Waals surface area contributed by atoms with Crippen LogP contribution >= 0.6 is 24.2 Å². The zero-order chi connectivity index (χ0) is 13.2. The molecule has 1 amide bonds. The molecule has 4 nitrogen and oxygen atoms in total. The maximum absolute atomic E-state index is 12.2. The number of carbonyl (C=O) groups is 1. The normalized spacial score (nSPS) is 28.1. The van der Waals surface area contributed by atoms with Gasteiger partial charge >= 0.3 is 0 Å². The fraction of sp³-hybridized carbons (Fsp3) is 0.571. The topological polar surface area (TPSA) is 59.2 Å². The molecule has 2 heterocycles. The summed E-state index contributed by atoms with van der Waals surface area (Å²) in [5, 5.41) is 0. The maximum Gasteiger partial charge on any atom is 0.232 e. The number of pyridine rings is 1. The molecule has 110 valence electrons. The molecule has 1 saturated heterocycles. The molecule has 0 bridgehead atoms. The van der Waals surface area contributed by atoms with Crippen LogP contribution in [0, 0.1) is 11.8 Å². The summed E-state index contributed by atoms with van der Waals surface area (Å²) in [4.78, 5) is 19.3. The first-order valence-electron chi connectivity index (χ1n) is 6.80. The molecule has 0 spiro atoms. The Labute approximate surface area is 129 Å². The molecule has 3 unspecified atom stereocenters. The summed E-state index contributed by atoms with van der Waals surface area (Å²) in [6, 6.07) is 4.18. The Morgan fingerprint density at radius 2 is 2.10 bits per heavy atom. The number of fused-ring (bicyclic) bond motifs is 1. The molecule has 1 aromatic rings. The Hall–Kier alpha value is -0.780. The summed E-state index contributed by atoms with van der Waals surface area (Å²) < 4.78 is 0. The van der Waals surface area contributed by atoms with Gasteiger partial charge in [0, 0.05) is 36.4 Å². The Bertz CT molecular complexity index is 459. The van der Waals surface area contributed by atoms with Crippen molar-refractivity contribution in [1.29, 1.82) is 0 Å². The van der Waals surface area contributed by atoms with Crippen molar-refractivity contribution in [2.24, 2.45) is 17.6 Å². The molecule has 6 heteroatoms. The van der Waals surface area contributed by atoms with Crippen LogP contribution in [0.5, 0.6) is 0 Å². The van der Waals surface area contributed by atoms with E-state index in [1.807, 2.05) is 17.0 Å². The van der Waals surface area contributed by atoms with Gasteiger partial charge < -0.3 is 10.6 Å². The van der Waals surface area contributed by atoms with E-state index in [4.69, 9.17) is 5.73 Å². The van der Waals surface area contributed by atoms with Gasteiger partial charge in [0.2, 0.25) is 5.91 Å². The second kappa shape index (κ2) is 6.78. The SMILES string of the molecule is Cl.NC1CCC2CN(C(=O)CSc3ccncc3)CC12. The summed E-state index contributed by atoms with van der Waals surface area (Å²) >= 11 is 1.58. The smallest absolute Gasteiger partial charge is 0.232 e. The van der Waals surface area contributed by atoms with Gasteiger partial charge in [0.15, 0.2) is 0 Å². The number of thioether (sulfide) groups is 1. The van der Waals surface area contributed by atoms with Crippen molar-refractivity contribution >= 4 is 30.1 Å². The second-order valence-electron chi connectivity index (χ2n) is 5.44. The number of hydrogen-bond acceptors (Lipinski definition) is 4. The lowest BCUT2D eigenvalue weighted by molar-refractivity contribution is -0.127. The first-order chi connectivity index (χ1) is 9.24. The highest BCUT2D eigenvalue weighted by atomic mass is 35.5. The summed E-state index contributed by atoms with van der Waals surface area (Å²) in [7, 11) is 0. The van der Waals surface area contributed by atoms with Gasteiger partial charge in [-0.2, -0.15) is 0 Å². The molecule has 2 N–H and O–H groups in total. The van der Waals surface area contributed by atoms with Crippen LogP contribution in [0.2, 0.25) is 0 Å². The Morgan fingerprint density at radius 3 is 2.80 bits per heavy atom. The van der Waals surface area contributed by atoms with E-state index in [-0.39, 0.29) is 18.3 Å². The average Bonchev–Trinajstić information content (AvgIpc) is 3.00. The molecule has 2 aliphatic rings. The van der Waals surface area contributed by atoms with E-state index in [1.165, 1.54) is 6.42 Å². The first kappa shape index (κ1) is 15.6. The largest absolute Gasteiger partial charge is 0.341 e. The first-order valence-corrected chi connectivity index (χ1v) is 7.79. The van der Waals surface area contributed by atoms with Crippen molar-refractivity contribution in [1.82, 2.24) is 9.88 Å². The molecule has 3 atom stereocenters. The Morgan fingerprint density at radius 1 is 1.35 bits per heavy atom. The molecule has 1 aromatic heterocycles. The third-order valence-electron chi connectivity index (χ3n) is 4.28. The average molecular weight is 314 g/mol. The van der Waals surface area contributed by atoms with Crippen molar-refractivity contribution in [2.45, 2.75) is 23.8 Å². The number of carbonyl (C=O) groups excluding carboxylic acids is 1. The number of hydrogen-bond donors (Lipinski definition) is 1. The van der Waals surface area contributed by atoms with E-state index in [2.05, 4.69) is 4.98 Å². The van der Waals surface area contributed by atoms with Gasteiger partial charge in [-0.05, 0) is 36.8 Å². The van der Waals surface area contributed by atoms with Crippen molar-refractivity contribution in [3.8, 4) is 0 Å². The fourth-order valence-electron chi connectivity index (χ4n) is 3.18. The second-order valence-corrected chi connectivity index (χ2v) is 6.48. The van der Waals surface area contributed by atoms with Crippen molar-refractivity contribution < 1.29 is 4.79 Å². The zero-order valence-electron chi connectivity index (χ0n) is 11.3. The molecular formula is C14H20ClN3OS. The third-order valence-corrected chi connectivity index (χ3v) is 5.27. The standard InChI is InChI=1S/C14H19N3OS.ClH/c15-13-2-1-10-7-17(8-12(10)13)14(18)9-19-11-3-5-16-6-4-11;/h3-6,10,12-13H,1-2,7-9,15H2;1H. The van der Waals surface area contributed by atoms with Crippen LogP contribution in [-0.2, 0) is 4.79 Å². The summed E-state index contributed by atoms with van der Waals surface area (Å²) in [5.74, 6) is 1.93. The molecule has 0 radical (unpaired) electrons. The molecule has 1 aliphatic heterocycles. The highest BCUT2D eigenvalue weighted by Gasteiger charge is 2.42. The van der Waals surface area contributed by atoms with Crippen molar-refractivity contribution in [3.05, 3.63) is 24.5 Å². The molecule has 0 aromatic carbocycles. The van der Waals surface area contributed by atoms with Crippen LogP contribution in [-0.4, -0.2) is 40.7 Å². The lowest BCUT2D eigenvalue weighted by Crippen LogP contribution is -2.34. The van der Waals surface area contributed by atoms with Gasteiger partial charge in [0.05, 0.1) is 5.75 Å². The number of rotatable bonds is 3. The Balaban J connectivity index is 0.00000147. The predicted molar refractivity (Wildman–Crippen MR) is 83.0 cm³/mol. The van der Waals surface area contributed by atoms with Gasteiger partial charge in [-0.25, -0.2) is 0 Å². The lowest BCUT2D eigenvalue weighted by atomic mass is 9.98. The van der Waals surface area contributed by atoms with Gasteiger partial charge in [0.25, 0.3) is 0 Å². The number of likely N-dealkylation sites (tertiary alicyclic amines) is 1. The molecule has 20 heavy (non-hydrogen) atoms. The van der Waals surface area contributed by atoms with E-state index in [1.54, 1.807) is 24.2 Å². The van der Waals surface area contributed by atoms with Gasteiger partial charge in [-0.15, -0.1) is 24.2 Å². The highest BCUT2D eigenvalue weighted by molar-refractivity contribution is 8.00. The van der Waals surface area contributed by atoms with E-state index < -0.39 is 0 Å². The quantitative estimate of drug-likeness (QED) is 0.864. The fourth-order valence-corrected chi connectivity index (χ4v) is 3.97. The van der Waals surface area contributed by atoms with Crippen LogP contribution in [0.15, 0.2) is 29.4 Å². The molecule has 1 aliphatic carbocycles. The van der Waals surface area contributed by atoms with Gasteiger partial charge in [-0.1, -0.05) is 0 Å². The molecular weight excluding hydrogens is 294 g/mol.